The van der Waals surface area contributed by atoms with Gasteiger partial charge in [0, 0.05) is 22.3 Å². The Morgan fingerprint density at radius 2 is 2.35 bits per heavy atom. The highest BCUT2D eigenvalue weighted by atomic mass is 28.1. The molecule has 17 heavy (non-hydrogen) atoms. The predicted octanol–water partition coefficient (Wildman–Crippen LogP) is 1.71. The normalized spacial score (nSPS) is 43.6. The summed E-state index contributed by atoms with van der Waals surface area (Å²) in [6.45, 7) is 1.53. The molecule has 0 aromatic rings. The molecule has 2 aliphatic carbocycles. The fourth-order valence-electron chi connectivity index (χ4n) is 4.01. The number of hydrogen-bond donors (Lipinski definition) is 0. The Labute approximate surface area is 106 Å². The first kappa shape index (κ1) is 11.7. The lowest BCUT2D eigenvalue weighted by Gasteiger charge is -2.34. The van der Waals surface area contributed by atoms with Crippen molar-refractivity contribution < 1.29 is 14.3 Å². The van der Waals surface area contributed by atoms with Crippen LogP contribution in [0.1, 0.15) is 32.1 Å². The van der Waals surface area contributed by atoms with Gasteiger partial charge in [-0.1, -0.05) is 6.04 Å². The SMILES string of the molecule is O=C1CC2(CO1)CC1CC2CC1OCCC[Si]. The second kappa shape index (κ2) is 4.39. The molecule has 4 heteroatoms. The van der Waals surface area contributed by atoms with E-state index in [1.165, 1.54) is 6.42 Å². The van der Waals surface area contributed by atoms with Gasteiger partial charge in [0.2, 0.25) is 0 Å². The summed E-state index contributed by atoms with van der Waals surface area (Å²) in [5.74, 6) is 1.34. The number of carbonyl (C=O) groups is 1. The molecule has 1 aliphatic heterocycles. The number of hydrogen-bond acceptors (Lipinski definition) is 3. The van der Waals surface area contributed by atoms with Gasteiger partial charge in [0.1, 0.15) is 0 Å². The van der Waals surface area contributed by atoms with Gasteiger partial charge in [-0.3, -0.25) is 4.79 Å². The van der Waals surface area contributed by atoms with E-state index >= 15 is 0 Å². The third-order valence-corrected chi connectivity index (χ3v) is 5.19. The van der Waals surface area contributed by atoms with Crippen LogP contribution in [-0.4, -0.2) is 35.5 Å². The maximum absolute atomic E-state index is 11.3. The van der Waals surface area contributed by atoms with E-state index in [0.717, 1.165) is 31.9 Å². The van der Waals surface area contributed by atoms with Crippen LogP contribution in [0, 0.1) is 17.3 Å². The Kier molecular flexibility index (Phi) is 3.03. The molecule has 0 aromatic carbocycles. The summed E-state index contributed by atoms with van der Waals surface area (Å²) < 4.78 is 11.1. The molecule has 3 aliphatic rings. The van der Waals surface area contributed by atoms with Crippen molar-refractivity contribution in [3.05, 3.63) is 0 Å². The van der Waals surface area contributed by atoms with Crippen molar-refractivity contribution >= 4 is 16.2 Å². The smallest absolute Gasteiger partial charge is 0.306 e. The topological polar surface area (TPSA) is 35.5 Å². The van der Waals surface area contributed by atoms with Gasteiger partial charge < -0.3 is 9.47 Å². The molecular formula is C13H19O3Si. The molecule has 2 saturated carbocycles. The minimum Gasteiger partial charge on any atom is -0.465 e. The number of esters is 1. The zero-order chi connectivity index (χ0) is 11.9. The Bertz CT molecular complexity index is 320. The fraction of sp³-hybridized carbons (Fsp3) is 0.923. The summed E-state index contributed by atoms with van der Waals surface area (Å²) in [6, 6.07) is 1.01. The molecular weight excluding hydrogens is 232 g/mol. The van der Waals surface area contributed by atoms with Gasteiger partial charge in [-0.05, 0) is 37.5 Å². The van der Waals surface area contributed by atoms with Gasteiger partial charge in [-0.25, -0.2) is 0 Å². The van der Waals surface area contributed by atoms with Crippen molar-refractivity contribution in [3.8, 4) is 0 Å². The second-order valence-corrected chi connectivity index (χ2v) is 6.35. The lowest BCUT2D eigenvalue weighted by molar-refractivity contribution is -0.137. The highest BCUT2D eigenvalue weighted by Crippen LogP contribution is 2.60. The number of fused-ring (bicyclic) bond motifs is 3. The van der Waals surface area contributed by atoms with Crippen LogP contribution in [0.4, 0.5) is 0 Å². The molecule has 4 atom stereocenters. The molecule has 1 heterocycles. The fourth-order valence-corrected chi connectivity index (χ4v) is 4.15. The van der Waals surface area contributed by atoms with E-state index in [4.69, 9.17) is 9.47 Å². The monoisotopic (exact) mass is 251 g/mol. The average Bonchev–Trinajstić information content (AvgIpc) is 2.95. The highest BCUT2D eigenvalue weighted by molar-refractivity contribution is 6.08. The number of carbonyl (C=O) groups excluding carboxylic acids is 1. The standard InChI is InChI=1S/C13H19O3Si/c14-12-7-13(8-16-12)6-9-4-10(13)5-11(9)15-2-1-3-17/h9-11H,1-8H2. The van der Waals surface area contributed by atoms with Crippen LogP contribution in [0.2, 0.25) is 6.04 Å². The Hall–Kier alpha value is -0.353. The minimum absolute atomic E-state index is 0.00839. The van der Waals surface area contributed by atoms with Crippen LogP contribution in [-0.2, 0) is 14.3 Å². The molecule has 2 bridgehead atoms. The molecule has 1 saturated heterocycles. The number of cyclic esters (lactones) is 1. The minimum atomic E-state index is 0.00839. The summed E-state index contributed by atoms with van der Waals surface area (Å²) in [5.41, 5.74) is 0.191. The van der Waals surface area contributed by atoms with Gasteiger partial charge in [0.05, 0.1) is 19.1 Å². The summed E-state index contributed by atoms with van der Waals surface area (Å²) in [5, 5.41) is 0. The lowest BCUT2D eigenvalue weighted by Crippen LogP contribution is -2.34. The zero-order valence-electron chi connectivity index (χ0n) is 10.1. The van der Waals surface area contributed by atoms with E-state index in [-0.39, 0.29) is 11.4 Å². The van der Waals surface area contributed by atoms with Crippen LogP contribution in [0.3, 0.4) is 0 Å². The third-order valence-electron chi connectivity index (χ3n) is 4.83. The summed E-state index contributed by atoms with van der Waals surface area (Å²) in [6.07, 6.45) is 5.71. The Morgan fingerprint density at radius 3 is 2.94 bits per heavy atom. The van der Waals surface area contributed by atoms with Crippen molar-refractivity contribution in [2.75, 3.05) is 13.2 Å². The quantitative estimate of drug-likeness (QED) is 0.433. The van der Waals surface area contributed by atoms with Gasteiger partial charge in [-0.15, -0.1) is 0 Å². The van der Waals surface area contributed by atoms with Crippen LogP contribution in [0.15, 0.2) is 0 Å². The predicted molar refractivity (Wildman–Crippen MR) is 63.8 cm³/mol. The molecule has 93 valence electrons. The van der Waals surface area contributed by atoms with E-state index in [0.29, 0.717) is 31.0 Å². The van der Waals surface area contributed by atoms with Crippen LogP contribution in [0.5, 0.6) is 0 Å². The molecule has 0 amide bonds. The molecule has 3 fully saturated rings. The first-order valence-corrected chi connectivity index (χ1v) is 7.36. The number of ether oxygens (including phenoxy) is 2. The van der Waals surface area contributed by atoms with Gasteiger partial charge in [-0.2, -0.15) is 0 Å². The zero-order valence-corrected chi connectivity index (χ0v) is 11.1. The second-order valence-electron chi connectivity index (χ2n) is 5.85. The van der Waals surface area contributed by atoms with E-state index in [2.05, 4.69) is 10.2 Å². The highest BCUT2D eigenvalue weighted by Gasteiger charge is 2.58. The molecule has 1 spiro atoms. The van der Waals surface area contributed by atoms with E-state index < -0.39 is 0 Å². The summed E-state index contributed by atoms with van der Waals surface area (Å²) >= 11 is 0. The van der Waals surface area contributed by atoms with E-state index in [9.17, 15) is 4.79 Å². The van der Waals surface area contributed by atoms with E-state index in [1.54, 1.807) is 0 Å². The van der Waals surface area contributed by atoms with Gasteiger partial charge in [0.15, 0.2) is 0 Å². The maximum atomic E-state index is 11.3. The third kappa shape index (κ3) is 1.95. The molecule has 3 rings (SSSR count). The Balaban J connectivity index is 1.57. The van der Waals surface area contributed by atoms with Crippen molar-refractivity contribution in [1.82, 2.24) is 0 Å². The molecule has 4 unspecified atom stereocenters. The first-order chi connectivity index (χ1) is 8.23. The molecule has 0 aromatic heterocycles. The Morgan fingerprint density at radius 1 is 1.47 bits per heavy atom. The average molecular weight is 251 g/mol. The lowest BCUT2D eigenvalue weighted by atomic mass is 9.72. The van der Waals surface area contributed by atoms with Crippen LogP contribution in [0.25, 0.3) is 0 Å². The maximum Gasteiger partial charge on any atom is 0.306 e. The van der Waals surface area contributed by atoms with Gasteiger partial charge in [0.25, 0.3) is 0 Å². The van der Waals surface area contributed by atoms with Crippen LogP contribution >= 0.6 is 0 Å². The largest absolute Gasteiger partial charge is 0.465 e. The van der Waals surface area contributed by atoms with Gasteiger partial charge >= 0.3 is 5.97 Å². The van der Waals surface area contributed by atoms with Crippen molar-refractivity contribution in [2.45, 2.75) is 44.3 Å². The first-order valence-electron chi connectivity index (χ1n) is 6.65. The van der Waals surface area contributed by atoms with E-state index in [1.807, 2.05) is 0 Å². The van der Waals surface area contributed by atoms with Crippen molar-refractivity contribution in [1.29, 1.82) is 0 Å². The summed E-state index contributed by atoms with van der Waals surface area (Å²) in [7, 11) is 3.47. The molecule has 0 N–H and O–H groups in total. The van der Waals surface area contributed by atoms with Crippen molar-refractivity contribution in [2.24, 2.45) is 17.3 Å². The summed E-state index contributed by atoms with van der Waals surface area (Å²) in [4.78, 5) is 11.3. The van der Waals surface area contributed by atoms with Crippen LogP contribution < -0.4 is 0 Å². The number of rotatable bonds is 4. The molecule has 3 nitrogen and oxygen atoms in total. The molecule has 3 radical (unpaired) electrons. The van der Waals surface area contributed by atoms with Crippen molar-refractivity contribution in [3.63, 3.8) is 0 Å².